The first-order valence-electron chi connectivity index (χ1n) is 6.18. The Balaban J connectivity index is 0.00000400. The zero-order valence-electron chi connectivity index (χ0n) is 12.5. The molecule has 0 aliphatic carbocycles. The van der Waals surface area contributed by atoms with Crippen molar-refractivity contribution in [1.82, 2.24) is 4.72 Å². The van der Waals surface area contributed by atoms with Gasteiger partial charge in [-0.15, -0.1) is 12.4 Å². The minimum Gasteiger partial charge on any atom is -0.325 e. The van der Waals surface area contributed by atoms with Crippen LogP contribution in [-0.2, 0) is 14.8 Å². The fraction of sp³-hybridized carbons (Fsp3) is 0.462. The van der Waals surface area contributed by atoms with Crippen molar-refractivity contribution in [2.75, 3.05) is 12.4 Å². The predicted molar refractivity (Wildman–Crippen MR) is 86.0 cm³/mol. The lowest BCUT2D eigenvalue weighted by Gasteiger charge is -2.25. The lowest BCUT2D eigenvalue weighted by molar-refractivity contribution is -0.119. The van der Waals surface area contributed by atoms with Gasteiger partial charge in [-0.25, -0.2) is 13.1 Å². The standard InChI is InChI=1S/C13H21N3O3S.ClH/c1-13(2,3)11(14)12(17)16-9-6-5-7-10(8-9)20(18,19)15-4;/h5-8,11,15H,14H2,1-4H3,(H,16,17);1H/t11-;/m1./s1. The summed E-state index contributed by atoms with van der Waals surface area (Å²) in [6.45, 7) is 5.58. The minimum absolute atomic E-state index is 0. The summed E-state index contributed by atoms with van der Waals surface area (Å²) in [7, 11) is -2.21. The van der Waals surface area contributed by atoms with Gasteiger partial charge in [-0.1, -0.05) is 26.8 Å². The van der Waals surface area contributed by atoms with Gasteiger partial charge in [0.05, 0.1) is 10.9 Å². The van der Waals surface area contributed by atoms with E-state index in [4.69, 9.17) is 5.73 Å². The van der Waals surface area contributed by atoms with Gasteiger partial charge in [0.2, 0.25) is 15.9 Å². The molecule has 1 aromatic rings. The number of rotatable bonds is 4. The molecule has 0 aliphatic rings. The van der Waals surface area contributed by atoms with E-state index in [2.05, 4.69) is 10.0 Å². The maximum Gasteiger partial charge on any atom is 0.241 e. The highest BCUT2D eigenvalue weighted by molar-refractivity contribution is 7.89. The second kappa shape index (κ2) is 7.22. The van der Waals surface area contributed by atoms with E-state index in [0.29, 0.717) is 5.69 Å². The Bertz CT molecular complexity index is 597. The zero-order valence-corrected chi connectivity index (χ0v) is 14.1. The molecule has 0 saturated heterocycles. The number of nitrogens with one attached hydrogen (secondary N) is 2. The second-order valence-electron chi connectivity index (χ2n) is 5.57. The van der Waals surface area contributed by atoms with Gasteiger partial charge in [0.1, 0.15) is 0 Å². The Labute approximate surface area is 132 Å². The van der Waals surface area contributed by atoms with Gasteiger partial charge in [0.25, 0.3) is 0 Å². The lowest BCUT2D eigenvalue weighted by Crippen LogP contribution is -2.45. The summed E-state index contributed by atoms with van der Waals surface area (Å²) in [5.74, 6) is -0.350. The van der Waals surface area contributed by atoms with Crippen molar-refractivity contribution in [1.29, 1.82) is 0 Å². The third-order valence-corrected chi connectivity index (χ3v) is 4.31. The van der Waals surface area contributed by atoms with E-state index in [1.54, 1.807) is 12.1 Å². The summed E-state index contributed by atoms with van der Waals surface area (Å²) in [5.41, 5.74) is 5.87. The Morgan fingerprint density at radius 2 is 1.86 bits per heavy atom. The molecule has 1 amide bonds. The molecule has 0 aromatic heterocycles. The number of carbonyl (C=O) groups excluding carboxylic acids is 1. The summed E-state index contributed by atoms with van der Waals surface area (Å²) < 4.78 is 25.6. The smallest absolute Gasteiger partial charge is 0.241 e. The van der Waals surface area contributed by atoms with Gasteiger partial charge >= 0.3 is 0 Å². The summed E-state index contributed by atoms with van der Waals surface area (Å²) in [6, 6.07) is 5.32. The molecule has 1 atom stereocenters. The second-order valence-corrected chi connectivity index (χ2v) is 7.45. The number of amides is 1. The first-order valence-corrected chi connectivity index (χ1v) is 7.66. The average Bonchev–Trinajstić information content (AvgIpc) is 2.37. The summed E-state index contributed by atoms with van der Waals surface area (Å²) in [5, 5.41) is 2.63. The molecule has 1 aromatic carbocycles. The molecule has 0 unspecified atom stereocenters. The Hall–Kier alpha value is -1.15. The molecule has 6 nitrogen and oxygen atoms in total. The highest BCUT2D eigenvalue weighted by Gasteiger charge is 2.27. The molecule has 8 heteroatoms. The number of benzene rings is 1. The Morgan fingerprint density at radius 3 is 2.33 bits per heavy atom. The lowest BCUT2D eigenvalue weighted by atomic mass is 9.87. The van der Waals surface area contributed by atoms with Crippen LogP contribution in [0.5, 0.6) is 0 Å². The predicted octanol–water partition coefficient (Wildman–Crippen LogP) is 1.33. The van der Waals surface area contributed by atoms with E-state index >= 15 is 0 Å². The molecule has 0 bridgehead atoms. The highest BCUT2D eigenvalue weighted by atomic mass is 35.5. The molecule has 0 fully saturated rings. The molecule has 0 radical (unpaired) electrons. The van der Waals surface area contributed by atoms with E-state index in [0.717, 1.165) is 0 Å². The van der Waals surface area contributed by atoms with Crippen LogP contribution in [0.3, 0.4) is 0 Å². The fourth-order valence-corrected chi connectivity index (χ4v) is 2.25. The van der Waals surface area contributed by atoms with Gasteiger partial charge in [-0.3, -0.25) is 4.79 Å². The number of sulfonamides is 1. The van der Waals surface area contributed by atoms with Crippen LogP contribution in [-0.4, -0.2) is 27.4 Å². The van der Waals surface area contributed by atoms with Gasteiger partial charge in [-0.05, 0) is 30.7 Å². The van der Waals surface area contributed by atoms with Crippen LogP contribution in [0.1, 0.15) is 20.8 Å². The van der Waals surface area contributed by atoms with E-state index in [-0.39, 0.29) is 28.6 Å². The Kier molecular flexibility index (Phi) is 6.82. The van der Waals surface area contributed by atoms with Crippen LogP contribution in [0.25, 0.3) is 0 Å². The van der Waals surface area contributed by atoms with E-state index in [9.17, 15) is 13.2 Å². The summed E-state index contributed by atoms with van der Waals surface area (Å²) >= 11 is 0. The molecule has 0 saturated carbocycles. The maximum absolute atomic E-state index is 12.0. The van der Waals surface area contributed by atoms with Gasteiger partial charge in [0.15, 0.2) is 0 Å². The molecule has 1 rings (SSSR count). The van der Waals surface area contributed by atoms with Crippen LogP contribution in [0.15, 0.2) is 29.2 Å². The normalized spacial score (nSPS) is 13.2. The molecule has 0 spiro atoms. The number of hydrogen-bond donors (Lipinski definition) is 3. The van der Waals surface area contributed by atoms with Gasteiger partial charge in [-0.2, -0.15) is 0 Å². The van der Waals surface area contributed by atoms with Crippen LogP contribution in [0.4, 0.5) is 5.69 Å². The monoisotopic (exact) mass is 335 g/mol. The van der Waals surface area contributed by atoms with Gasteiger partial charge in [0, 0.05) is 5.69 Å². The summed E-state index contributed by atoms with van der Waals surface area (Å²) in [4.78, 5) is 12.1. The van der Waals surface area contributed by atoms with E-state index in [1.165, 1.54) is 19.2 Å². The van der Waals surface area contributed by atoms with Crippen LogP contribution < -0.4 is 15.8 Å². The molecule has 4 N–H and O–H groups in total. The number of anilines is 1. The third kappa shape index (κ3) is 5.28. The largest absolute Gasteiger partial charge is 0.325 e. The highest BCUT2D eigenvalue weighted by Crippen LogP contribution is 2.20. The van der Waals surface area contributed by atoms with E-state index < -0.39 is 16.1 Å². The molecule has 21 heavy (non-hydrogen) atoms. The van der Waals surface area contributed by atoms with Crippen molar-refractivity contribution in [2.45, 2.75) is 31.7 Å². The van der Waals surface area contributed by atoms with Crippen molar-refractivity contribution < 1.29 is 13.2 Å². The van der Waals surface area contributed by atoms with E-state index in [1.807, 2.05) is 20.8 Å². The average molecular weight is 336 g/mol. The van der Waals surface area contributed by atoms with Gasteiger partial charge < -0.3 is 11.1 Å². The van der Waals surface area contributed by atoms with Crippen molar-refractivity contribution >= 4 is 34.0 Å². The van der Waals surface area contributed by atoms with Crippen molar-refractivity contribution in [2.24, 2.45) is 11.1 Å². The minimum atomic E-state index is -3.54. The molecule has 120 valence electrons. The van der Waals surface area contributed by atoms with Crippen molar-refractivity contribution in [3.63, 3.8) is 0 Å². The molecule has 0 aliphatic heterocycles. The van der Waals surface area contributed by atoms with Crippen LogP contribution >= 0.6 is 12.4 Å². The quantitative estimate of drug-likeness (QED) is 0.772. The number of hydrogen-bond acceptors (Lipinski definition) is 4. The maximum atomic E-state index is 12.0. The first-order chi connectivity index (χ1) is 9.08. The SMILES string of the molecule is CNS(=O)(=O)c1cccc(NC(=O)[C@@H](N)C(C)(C)C)c1.Cl. The number of carbonyl (C=O) groups is 1. The fourth-order valence-electron chi connectivity index (χ4n) is 1.47. The molecule has 0 heterocycles. The number of halogens is 1. The Morgan fingerprint density at radius 1 is 1.29 bits per heavy atom. The van der Waals surface area contributed by atoms with Crippen molar-refractivity contribution in [3.05, 3.63) is 24.3 Å². The number of nitrogens with two attached hydrogens (primary N) is 1. The summed E-state index contributed by atoms with van der Waals surface area (Å²) in [6.07, 6.45) is 0. The van der Waals surface area contributed by atoms with Crippen LogP contribution in [0, 0.1) is 5.41 Å². The van der Waals surface area contributed by atoms with Crippen LogP contribution in [0.2, 0.25) is 0 Å². The zero-order chi connectivity index (χ0) is 15.6. The molecular formula is C13H22ClN3O3S. The molecular weight excluding hydrogens is 314 g/mol. The van der Waals surface area contributed by atoms with Crippen molar-refractivity contribution in [3.8, 4) is 0 Å². The first kappa shape index (κ1) is 19.9. The third-order valence-electron chi connectivity index (χ3n) is 2.90. The topological polar surface area (TPSA) is 101 Å².